The SMILES string of the molecule is Cc1ccc(N2C(=O)CCS2(=O)=O)cc1S(=O)(=O)NCC(c1ccco1)N1CCCCCC1. The highest BCUT2D eigenvalue weighted by Gasteiger charge is 2.37. The molecule has 0 saturated carbocycles. The van der Waals surface area contributed by atoms with E-state index in [9.17, 15) is 21.6 Å². The number of nitrogens with zero attached hydrogens (tertiary/aromatic N) is 2. The molecule has 2 aliphatic rings. The van der Waals surface area contributed by atoms with Crippen molar-refractivity contribution in [2.24, 2.45) is 0 Å². The Balaban J connectivity index is 1.59. The number of carbonyl (C=O) groups is 1. The first-order valence-electron chi connectivity index (χ1n) is 11.1. The number of furan rings is 1. The van der Waals surface area contributed by atoms with Gasteiger partial charge in [-0.3, -0.25) is 9.69 Å². The summed E-state index contributed by atoms with van der Waals surface area (Å²) in [5.74, 6) is -0.145. The second-order valence-corrected chi connectivity index (χ2v) is 12.2. The summed E-state index contributed by atoms with van der Waals surface area (Å²) in [5, 5.41) is 0. The van der Waals surface area contributed by atoms with E-state index < -0.39 is 26.0 Å². The number of hydrogen-bond acceptors (Lipinski definition) is 7. The Bertz CT molecular complexity index is 1200. The highest BCUT2D eigenvalue weighted by molar-refractivity contribution is 7.94. The smallest absolute Gasteiger partial charge is 0.242 e. The van der Waals surface area contributed by atoms with Gasteiger partial charge in [0.25, 0.3) is 0 Å². The predicted molar refractivity (Wildman–Crippen MR) is 124 cm³/mol. The Labute approximate surface area is 194 Å². The lowest BCUT2D eigenvalue weighted by Crippen LogP contribution is -2.38. The molecule has 1 amide bonds. The van der Waals surface area contributed by atoms with Gasteiger partial charge in [0, 0.05) is 13.0 Å². The van der Waals surface area contributed by atoms with Crippen LogP contribution < -0.4 is 9.03 Å². The molecule has 1 aromatic carbocycles. The standard InChI is InChI=1S/C22H29N3O6S2/c1-17-8-9-18(25-22(26)10-14-32(25,27)28)15-21(17)33(29,30)23-16-19(20-7-6-13-31-20)24-11-4-2-3-5-12-24/h6-9,13,15,19,23H,2-5,10-12,14,16H2,1H3. The van der Waals surface area contributed by atoms with Crippen LogP contribution in [0.2, 0.25) is 0 Å². The Hall–Kier alpha value is -2.21. The molecule has 2 fully saturated rings. The minimum absolute atomic E-state index is 0.0403. The van der Waals surface area contributed by atoms with E-state index in [-0.39, 0.29) is 35.3 Å². The van der Waals surface area contributed by atoms with E-state index in [0.29, 0.717) is 15.6 Å². The van der Waals surface area contributed by atoms with Crippen molar-refractivity contribution in [1.29, 1.82) is 0 Å². The minimum Gasteiger partial charge on any atom is -0.468 e. The summed E-state index contributed by atoms with van der Waals surface area (Å²) in [7, 11) is -7.77. The summed E-state index contributed by atoms with van der Waals surface area (Å²) in [4.78, 5) is 14.3. The van der Waals surface area contributed by atoms with Gasteiger partial charge in [0.15, 0.2) is 0 Å². The summed E-state index contributed by atoms with van der Waals surface area (Å²) in [6.45, 7) is 3.46. The lowest BCUT2D eigenvalue weighted by atomic mass is 10.2. The molecular weight excluding hydrogens is 466 g/mol. The maximum absolute atomic E-state index is 13.3. The highest BCUT2D eigenvalue weighted by atomic mass is 32.2. The molecular formula is C22H29N3O6S2. The van der Waals surface area contributed by atoms with Gasteiger partial charge >= 0.3 is 0 Å². The van der Waals surface area contributed by atoms with E-state index in [4.69, 9.17) is 4.42 Å². The van der Waals surface area contributed by atoms with E-state index in [2.05, 4.69) is 9.62 Å². The van der Waals surface area contributed by atoms with Crippen molar-refractivity contribution in [3.8, 4) is 0 Å². The molecule has 0 aliphatic carbocycles. The molecule has 2 aliphatic heterocycles. The van der Waals surface area contributed by atoms with Crippen LogP contribution in [0.25, 0.3) is 0 Å². The van der Waals surface area contributed by atoms with Gasteiger partial charge in [0.1, 0.15) is 5.76 Å². The molecule has 0 radical (unpaired) electrons. The van der Waals surface area contributed by atoms with Crippen LogP contribution in [0, 0.1) is 6.92 Å². The number of rotatable bonds is 7. The molecule has 1 N–H and O–H groups in total. The average Bonchev–Trinajstić information content (AvgIpc) is 3.28. The van der Waals surface area contributed by atoms with E-state index in [1.165, 1.54) is 18.2 Å². The third-order valence-corrected chi connectivity index (χ3v) is 9.45. The quantitative estimate of drug-likeness (QED) is 0.627. The van der Waals surface area contributed by atoms with Gasteiger partial charge in [0.05, 0.1) is 28.6 Å². The van der Waals surface area contributed by atoms with Crippen molar-refractivity contribution in [2.45, 2.75) is 50.0 Å². The lowest BCUT2D eigenvalue weighted by molar-refractivity contribution is -0.116. The highest BCUT2D eigenvalue weighted by Crippen LogP contribution is 2.30. The molecule has 1 atom stereocenters. The van der Waals surface area contributed by atoms with Crippen LogP contribution in [0.3, 0.4) is 0 Å². The van der Waals surface area contributed by atoms with Gasteiger partial charge in [-0.05, 0) is 62.7 Å². The van der Waals surface area contributed by atoms with Crippen molar-refractivity contribution >= 4 is 31.6 Å². The number of hydrogen-bond donors (Lipinski definition) is 1. The molecule has 3 heterocycles. The van der Waals surface area contributed by atoms with Crippen LogP contribution in [0.15, 0.2) is 45.9 Å². The van der Waals surface area contributed by atoms with Crippen LogP contribution in [-0.2, 0) is 24.8 Å². The Kier molecular flexibility index (Phi) is 6.94. The molecule has 1 unspecified atom stereocenters. The topological polar surface area (TPSA) is 117 Å². The maximum atomic E-state index is 13.3. The number of sulfonamides is 2. The molecule has 180 valence electrons. The second-order valence-electron chi connectivity index (χ2n) is 8.51. The van der Waals surface area contributed by atoms with Gasteiger partial charge in [-0.15, -0.1) is 0 Å². The van der Waals surface area contributed by atoms with Crippen LogP contribution in [0.4, 0.5) is 5.69 Å². The second kappa shape index (κ2) is 9.57. The first kappa shape index (κ1) is 23.9. The molecule has 2 aromatic rings. The number of nitrogens with one attached hydrogen (secondary N) is 1. The predicted octanol–water partition coefficient (Wildman–Crippen LogP) is 2.55. The lowest BCUT2D eigenvalue weighted by Gasteiger charge is -2.29. The van der Waals surface area contributed by atoms with Gasteiger partial charge in [-0.25, -0.2) is 25.9 Å². The van der Waals surface area contributed by atoms with Crippen LogP contribution >= 0.6 is 0 Å². The molecule has 4 rings (SSSR count). The first-order valence-corrected chi connectivity index (χ1v) is 14.2. The molecule has 33 heavy (non-hydrogen) atoms. The summed E-state index contributed by atoms with van der Waals surface area (Å²) < 4.78 is 60.1. The molecule has 1 aromatic heterocycles. The van der Waals surface area contributed by atoms with Crippen molar-refractivity contribution in [3.05, 3.63) is 47.9 Å². The summed E-state index contributed by atoms with van der Waals surface area (Å²) in [6.07, 6.45) is 5.86. The van der Waals surface area contributed by atoms with E-state index >= 15 is 0 Å². The first-order chi connectivity index (χ1) is 15.7. The molecule has 0 bridgehead atoms. The summed E-state index contributed by atoms with van der Waals surface area (Å²) >= 11 is 0. The number of anilines is 1. The van der Waals surface area contributed by atoms with E-state index in [1.807, 2.05) is 6.07 Å². The third-order valence-electron chi connectivity index (χ3n) is 6.19. The third kappa shape index (κ3) is 5.16. The zero-order valence-electron chi connectivity index (χ0n) is 18.6. The van der Waals surface area contributed by atoms with Gasteiger partial charge in [-0.1, -0.05) is 18.9 Å². The molecule has 2 saturated heterocycles. The van der Waals surface area contributed by atoms with Crippen LogP contribution in [0.1, 0.15) is 49.5 Å². The number of aryl methyl sites for hydroxylation is 1. The van der Waals surface area contributed by atoms with E-state index in [1.54, 1.807) is 19.3 Å². The number of likely N-dealkylation sites (tertiary alicyclic amines) is 1. The molecule has 11 heteroatoms. The largest absolute Gasteiger partial charge is 0.468 e. The van der Waals surface area contributed by atoms with Crippen molar-refractivity contribution in [2.75, 3.05) is 29.7 Å². The Morgan fingerprint density at radius 2 is 1.85 bits per heavy atom. The van der Waals surface area contributed by atoms with Crippen molar-refractivity contribution < 1.29 is 26.0 Å². The van der Waals surface area contributed by atoms with Crippen LogP contribution in [-0.4, -0.2) is 53.0 Å². The number of amides is 1. The zero-order valence-corrected chi connectivity index (χ0v) is 20.2. The average molecular weight is 496 g/mol. The fourth-order valence-corrected chi connectivity index (χ4v) is 7.19. The number of benzene rings is 1. The van der Waals surface area contributed by atoms with Crippen molar-refractivity contribution in [1.82, 2.24) is 9.62 Å². The molecule has 9 nitrogen and oxygen atoms in total. The monoisotopic (exact) mass is 495 g/mol. The Morgan fingerprint density at radius 1 is 1.12 bits per heavy atom. The maximum Gasteiger partial charge on any atom is 0.242 e. The fourth-order valence-electron chi connectivity index (χ4n) is 4.44. The molecule has 0 spiro atoms. The Morgan fingerprint density at radius 3 is 2.45 bits per heavy atom. The summed E-state index contributed by atoms with van der Waals surface area (Å²) in [5.41, 5.74) is 0.498. The van der Waals surface area contributed by atoms with Crippen LogP contribution in [0.5, 0.6) is 0 Å². The summed E-state index contributed by atoms with van der Waals surface area (Å²) in [6, 6.07) is 7.61. The van der Waals surface area contributed by atoms with Crippen molar-refractivity contribution in [3.63, 3.8) is 0 Å². The fraction of sp³-hybridized carbons (Fsp3) is 0.500. The zero-order chi connectivity index (χ0) is 23.6. The van der Waals surface area contributed by atoms with Gasteiger partial charge in [0.2, 0.25) is 26.0 Å². The normalized spacial score (nSPS) is 20.6. The van der Waals surface area contributed by atoms with E-state index in [0.717, 1.165) is 38.8 Å². The minimum atomic E-state index is -3.98. The number of carbonyl (C=O) groups excluding carboxylic acids is 1. The van der Waals surface area contributed by atoms with Gasteiger partial charge in [-0.2, -0.15) is 0 Å². The van der Waals surface area contributed by atoms with Gasteiger partial charge < -0.3 is 4.42 Å².